The van der Waals surface area contributed by atoms with Crippen molar-refractivity contribution in [1.29, 1.82) is 0 Å². The summed E-state index contributed by atoms with van der Waals surface area (Å²) in [5.41, 5.74) is 9.69. The van der Waals surface area contributed by atoms with Crippen molar-refractivity contribution in [3.05, 3.63) is 100 Å². The number of amides is 1. The lowest BCUT2D eigenvalue weighted by Gasteiger charge is -2.30. The number of pyridine rings is 2. The third kappa shape index (κ3) is 4.43. The SMILES string of the molecule is Cc1cc2cc(C(=O)N(Cc3ccc(C(F)(F)F)cn3)C3CCc4ccccc43)ccc2nc1N. The van der Waals surface area contributed by atoms with Crippen LogP contribution in [0.2, 0.25) is 0 Å². The summed E-state index contributed by atoms with van der Waals surface area (Å²) in [5.74, 6) is 0.221. The number of aromatic nitrogens is 2. The second-order valence-electron chi connectivity index (χ2n) is 8.82. The van der Waals surface area contributed by atoms with Gasteiger partial charge in [0.2, 0.25) is 0 Å². The minimum absolute atomic E-state index is 0.0903. The second kappa shape index (κ2) is 8.69. The van der Waals surface area contributed by atoms with Crippen molar-refractivity contribution in [3.8, 4) is 0 Å². The summed E-state index contributed by atoms with van der Waals surface area (Å²) in [4.78, 5) is 23.9. The number of carbonyl (C=O) groups is 1. The zero-order valence-electron chi connectivity index (χ0n) is 19.0. The van der Waals surface area contributed by atoms with E-state index in [-0.39, 0.29) is 18.5 Å². The van der Waals surface area contributed by atoms with Crippen LogP contribution in [0.15, 0.2) is 66.9 Å². The molecular weight excluding hydrogens is 453 g/mol. The van der Waals surface area contributed by atoms with Gasteiger partial charge < -0.3 is 10.6 Å². The first-order valence-electron chi connectivity index (χ1n) is 11.3. The highest BCUT2D eigenvalue weighted by Crippen LogP contribution is 2.37. The van der Waals surface area contributed by atoms with Gasteiger partial charge in [0.25, 0.3) is 5.91 Å². The lowest BCUT2D eigenvalue weighted by molar-refractivity contribution is -0.137. The fourth-order valence-electron chi connectivity index (χ4n) is 4.64. The highest BCUT2D eigenvalue weighted by molar-refractivity contribution is 5.98. The Morgan fingerprint density at radius 1 is 1.11 bits per heavy atom. The van der Waals surface area contributed by atoms with Gasteiger partial charge in [-0.2, -0.15) is 13.2 Å². The topological polar surface area (TPSA) is 72.1 Å². The molecule has 0 fully saturated rings. The van der Waals surface area contributed by atoms with E-state index in [0.717, 1.165) is 41.6 Å². The normalized spacial score (nSPS) is 15.3. The van der Waals surface area contributed by atoms with Crippen molar-refractivity contribution in [3.63, 3.8) is 0 Å². The highest BCUT2D eigenvalue weighted by atomic mass is 19.4. The van der Waals surface area contributed by atoms with Crippen LogP contribution in [0, 0.1) is 6.92 Å². The number of alkyl halides is 3. The lowest BCUT2D eigenvalue weighted by atomic mass is 10.0. The van der Waals surface area contributed by atoms with Gasteiger partial charge >= 0.3 is 6.18 Å². The van der Waals surface area contributed by atoms with E-state index >= 15 is 0 Å². The third-order valence-corrected chi connectivity index (χ3v) is 6.51. The van der Waals surface area contributed by atoms with Crippen LogP contribution in [0.1, 0.15) is 50.8 Å². The lowest BCUT2D eigenvalue weighted by Crippen LogP contribution is -2.34. The van der Waals surface area contributed by atoms with Crippen LogP contribution in [0.3, 0.4) is 0 Å². The number of benzene rings is 2. The van der Waals surface area contributed by atoms with E-state index in [4.69, 9.17) is 5.73 Å². The number of anilines is 1. The molecule has 1 amide bonds. The first kappa shape index (κ1) is 22.8. The van der Waals surface area contributed by atoms with Crippen molar-refractivity contribution in [2.75, 3.05) is 5.73 Å². The molecule has 0 saturated heterocycles. The van der Waals surface area contributed by atoms with Crippen LogP contribution in [-0.2, 0) is 19.1 Å². The molecule has 1 unspecified atom stereocenters. The molecule has 2 heterocycles. The highest BCUT2D eigenvalue weighted by Gasteiger charge is 2.33. The second-order valence-corrected chi connectivity index (χ2v) is 8.82. The molecule has 1 aliphatic rings. The Balaban J connectivity index is 1.53. The number of nitrogens with zero attached hydrogens (tertiary/aromatic N) is 3. The molecule has 0 bridgehead atoms. The van der Waals surface area contributed by atoms with Crippen LogP contribution < -0.4 is 5.73 Å². The van der Waals surface area contributed by atoms with Gasteiger partial charge in [-0.25, -0.2) is 4.98 Å². The molecule has 2 aromatic carbocycles. The maximum Gasteiger partial charge on any atom is 0.417 e. The summed E-state index contributed by atoms with van der Waals surface area (Å²) < 4.78 is 39.0. The van der Waals surface area contributed by atoms with Gasteiger partial charge in [-0.05, 0) is 72.9 Å². The Kier molecular flexibility index (Phi) is 5.67. The molecule has 0 radical (unpaired) electrons. The van der Waals surface area contributed by atoms with E-state index < -0.39 is 11.7 Å². The summed E-state index contributed by atoms with van der Waals surface area (Å²) in [5, 5.41) is 0.793. The molecule has 4 aromatic rings. The van der Waals surface area contributed by atoms with Crippen molar-refractivity contribution in [2.24, 2.45) is 0 Å². The average Bonchev–Trinajstić information content (AvgIpc) is 3.26. The molecule has 5 nitrogen and oxygen atoms in total. The predicted octanol–water partition coefficient (Wildman–Crippen LogP) is 5.87. The van der Waals surface area contributed by atoms with Crippen molar-refractivity contribution in [1.82, 2.24) is 14.9 Å². The van der Waals surface area contributed by atoms with Crippen LogP contribution in [0.25, 0.3) is 10.9 Å². The number of aryl methyl sites for hydroxylation is 2. The monoisotopic (exact) mass is 476 g/mol. The van der Waals surface area contributed by atoms with Crippen LogP contribution >= 0.6 is 0 Å². The van der Waals surface area contributed by atoms with Gasteiger partial charge in [0.1, 0.15) is 5.82 Å². The fourth-order valence-corrected chi connectivity index (χ4v) is 4.64. The maximum absolute atomic E-state index is 13.8. The number of halogens is 3. The summed E-state index contributed by atoms with van der Waals surface area (Å²) in [6.45, 7) is 1.95. The van der Waals surface area contributed by atoms with Gasteiger partial charge in [0, 0.05) is 17.1 Å². The standard InChI is InChI=1S/C27H23F3N4O/c1-16-12-19-13-18(6-10-23(19)33-25(16)31)26(35)34(24-11-7-17-4-2-3-5-22(17)24)15-21-9-8-20(14-32-21)27(28,29)30/h2-6,8-10,12-14,24H,7,11,15H2,1H3,(H2,31,33). The summed E-state index contributed by atoms with van der Waals surface area (Å²) in [6, 6.07) is 17.2. The Morgan fingerprint density at radius 3 is 2.66 bits per heavy atom. The smallest absolute Gasteiger partial charge is 0.383 e. The van der Waals surface area contributed by atoms with Gasteiger partial charge in [0.05, 0.1) is 29.4 Å². The molecular formula is C27H23F3N4O. The first-order chi connectivity index (χ1) is 16.7. The molecule has 2 N–H and O–H groups in total. The molecule has 8 heteroatoms. The van der Waals surface area contributed by atoms with E-state index in [0.29, 0.717) is 22.6 Å². The number of nitrogens with two attached hydrogens (primary N) is 1. The van der Waals surface area contributed by atoms with Gasteiger partial charge in [0.15, 0.2) is 0 Å². The molecule has 35 heavy (non-hydrogen) atoms. The molecule has 0 spiro atoms. The zero-order valence-corrected chi connectivity index (χ0v) is 19.0. The van der Waals surface area contributed by atoms with E-state index in [9.17, 15) is 18.0 Å². The molecule has 1 aliphatic carbocycles. The third-order valence-electron chi connectivity index (χ3n) is 6.51. The number of carbonyl (C=O) groups excluding carboxylic acids is 1. The van der Waals surface area contributed by atoms with Crippen molar-refractivity contribution < 1.29 is 18.0 Å². The van der Waals surface area contributed by atoms with E-state index in [2.05, 4.69) is 9.97 Å². The van der Waals surface area contributed by atoms with Crippen molar-refractivity contribution in [2.45, 2.75) is 38.5 Å². The molecule has 0 saturated carbocycles. The predicted molar refractivity (Wildman–Crippen MR) is 128 cm³/mol. The minimum Gasteiger partial charge on any atom is -0.383 e. The number of rotatable bonds is 4. The van der Waals surface area contributed by atoms with Gasteiger partial charge in [-0.3, -0.25) is 9.78 Å². The Labute approximate surface area is 200 Å². The molecule has 5 rings (SSSR count). The minimum atomic E-state index is -4.47. The molecule has 0 aliphatic heterocycles. The fraction of sp³-hybridized carbons (Fsp3) is 0.222. The van der Waals surface area contributed by atoms with Gasteiger partial charge in [-0.15, -0.1) is 0 Å². The quantitative estimate of drug-likeness (QED) is 0.400. The number of hydrogen-bond donors (Lipinski definition) is 1. The Hall–Kier alpha value is -3.94. The van der Waals surface area contributed by atoms with Gasteiger partial charge in [-0.1, -0.05) is 24.3 Å². The Morgan fingerprint density at radius 2 is 1.91 bits per heavy atom. The average molecular weight is 477 g/mol. The molecule has 178 valence electrons. The van der Waals surface area contributed by atoms with E-state index in [1.54, 1.807) is 23.1 Å². The largest absolute Gasteiger partial charge is 0.417 e. The van der Waals surface area contributed by atoms with Crippen LogP contribution in [0.5, 0.6) is 0 Å². The number of fused-ring (bicyclic) bond motifs is 2. The molecule has 2 aromatic heterocycles. The van der Waals surface area contributed by atoms with Crippen LogP contribution in [0.4, 0.5) is 19.0 Å². The number of hydrogen-bond acceptors (Lipinski definition) is 4. The summed E-state index contributed by atoms with van der Waals surface area (Å²) >= 11 is 0. The van der Waals surface area contributed by atoms with Crippen LogP contribution in [-0.4, -0.2) is 20.8 Å². The zero-order chi connectivity index (χ0) is 24.7. The first-order valence-corrected chi connectivity index (χ1v) is 11.3. The maximum atomic E-state index is 13.8. The molecule has 1 atom stereocenters. The van der Waals surface area contributed by atoms with Crippen molar-refractivity contribution >= 4 is 22.6 Å². The Bertz CT molecular complexity index is 1420. The van der Waals surface area contributed by atoms with E-state index in [1.807, 2.05) is 37.3 Å². The summed E-state index contributed by atoms with van der Waals surface area (Å²) in [7, 11) is 0. The number of nitrogen functional groups attached to an aromatic ring is 1. The van der Waals surface area contributed by atoms with E-state index in [1.165, 1.54) is 11.6 Å². The summed E-state index contributed by atoms with van der Waals surface area (Å²) in [6.07, 6.45) is -2.09.